The van der Waals surface area contributed by atoms with E-state index in [4.69, 9.17) is 0 Å². The van der Waals surface area contributed by atoms with Gasteiger partial charge in [-0.3, -0.25) is 0 Å². The van der Waals surface area contributed by atoms with Crippen molar-refractivity contribution in [3.8, 4) is 71.0 Å². The van der Waals surface area contributed by atoms with Crippen molar-refractivity contribution in [1.29, 1.82) is 0 Å². The highest BCUT2D eigenvalue weighted by Crippen LogP contribution is 2.76. The molecule has 0 heterocycles. The maximum Gasteiger partial charge on any atom is 0.0562 e. The number of benzene rings is 9. The van der Waals surface area contributed by atoms with Gasteiger partial charge in [0, 0.05) is 55.6 Å². The molecule has 434 valence electrons. The first-order chi connectivity index (χ1) is 43.7. The zero-order valence-corrected chi connectivity index (χ0v) is 52.4. The molecule has 8 aliphatic carbocycles. The smallest absolute Gasteiger partial charge is 0.0562 e. The summed E-state index contributed by atoms with van der Waals surface area (Å²) >= 11 is 0. The van der Waals surface area contributed by atoms with Crippen LogP contribution in [0.25, 0.3) is 0 Å². The van der Waals surface area contributed by atoms with Crippen LogP contribution in [0.15, 0.2) is 231 Å². The standard InChI is InChI=1S/C90H74/c1-83-55-84(2)58-87(57-83,65-89(61-83,62-84)79-50-73(44-38-67-24-11-5-12-25-67)81(48-42-71-32-19-9-20-33-71)74(51-79)45-39-68-26-13-6-14-27-68)77-36-23-37-78(54-77)88-59-85(3)56-86(4,60-88)64-90(63-85,66-88)80-52-75(46-40-69-28-15-7-16-29-69)82(49-43-72-34-21-10-22-35-72)76(53-80)47-41-70-30-17-8-18-31-70/h5-37,50-54H,55-66H2,1-4H3. The molecule has 9 aromatic rings. The Hall–Kier alpha value is -9.66. The van der Waals surface area contributed by atoms with Gasteiger partial charge in [-0.25, -0.2) is 0 Å². The first kappa shape index (κ1) is 56.8. The van der Waals surface area contributed by atoms with E-state index in [1.807, 2.05) is 12.1 Å². The van der Waals surface area contributed by atoms with Gasteiger partial charge in [0.2, 0.25) is 0 Å². The molecule has 0 nitrogen and oxygen atoms in total. The van der Waals surface area contributed by atoms with Crippen LogP contribution in [0.1, 0.15) is 194 Å². The SMILES string of the molecule is CC12CC3(C)CC(c4cccc(C56CC7(C)CC(C)(C5)CC(c5cc(C#Cc8ccccc8)c(C#Cc8ccccc8)c(C#Cc8ccccc8)c5)(C7)C6)c4)(C1)CC(c1cc(C#Cc4ccccc4)c(C#Cc4ccccc4)c(C#Cc4ccccc4)c1)(C2)C3. The van der Waals surface area contributed by atoms with Crippen molar-refractivity contribution in [1.82, 2.24) is 0 Å². The van der Waals surface area contributed by atoms with Crippen LogP contribution in [0.2, 0.25) is 0 Å². The van der Waals surface area contributed by atoms with Crippen molar-refractivity contribution in [3.63, 3.8) is 0 Å². The molecule has 0 spiro atoms. The third-order valence-electron chi connectivity index (χ3n) is 21.4. The van der Waals surface area contributed by atoms with Crippen molar-refractivity contribution in [2.75, 3.05) is 0 Å². The van der Waals surface area contributed by atoms with E-state index in [-0.39, 0.29) is 43.3 Å². The van der Waals surface area contributed by atoms with Gasteiger partial charge in [-0.1, -0.05) is 232 Å². The van der Waals surface area contributed by atoms with E-state index in [1.54, 1.807) is 11.1 Å². The molecule has 0 N–H and O–H groups in total. The lowest BCUT2D eigenvalue weighted by atomic mass is 9.33. The fourth-order valence-electron chi connectivity index (χ4n) is 20.3. The van der Waals surface area contributed by atoms with Crippen LogP contribution in [0.3, 0.4) is 0 Å². The molecule has 9 aromatic carbocycles. The van der Waals surface area contributed by atoms with Crippen LogP contribution >= 0.6 is 0 Å². The molecule has 0 amide bonds. The molecule has 8 saturated carbocycles. The minimum Gasteiger partial charge on any atom is -0.0622 e. The zero-order chi connectivity index (χ0) is 61.1. The normalized spacial score (nSPS) is 27.5. The Kier molecular flexibility index (Phi) is 14.0. The van der Waals surface area contributed by atoms with Crippen molar-refractivity contribution in [2.24, 2.45) is 21.7 Å². The molecule has 4 unspecified atom stereocenters. The average molecular weight is 1160 g/mol. The summed E-state index contributed by atoms with van der Waals surface area (Å²) in [6.45, 7) is 10.6. The third kappa shape index (κ3) is 11.0. The van der Waals surface area contributed by atoms with Crippen molar-refractivity contribution in [2.45, 2.75) is 126 Å². The second-order valence-electron chi connectivity index (χ2n) is 29.7. The molecule has 0 saturated heterocycles. The zero-order valence-electron chi connectivity index (χ0n) is 52.4. The second kappa shape index (κ2) is 22.1. The van der Waals surface area contributed by atoms with Gasteiger partial charge in [0.25, 0.3) is 0 Å². The minimum atomic E-state index is -0.0858. The number of hydrogen-bond acceptors (Lipinski definition) is 0. The Morgan fingerprint density at radius 3 is 0.667 bits per heavy atom. The third-order valence-corrected chi connectivity index (χ3v) is 21.4. The predicted octanol–water partition coefficient (Wildman–Crippen LogP) is 19.2. The van der Waals surface area contributed by atoms with Gasteiger partial charge in [-0.05, 0) is 240 Å². The minimum absolute atomic E-state index is 0.00510. The Bertz CT molecular complexity index is 4190. The fraction of sp³-hybridized carbons (Fsp3) is 0.267. The topological polar surface area (TPSA) is 0 Å². The quantitative estimate of drug-likeness (QED) is 0.154. The van der Waals surface area contributed by atoms with E-state index in [0.29, 0.717) is 0 Å². The lowest BCUT2D eigenvalue weighted by Crippen LogP contribution is -2.63. The molecule has 8 aliphatic rings. The average Bonchev–Trinajstić information content (AvgIpc) is 0.686. The van der Waals surface area contributed by atoms with Crippen molar-refractivity contribution < 1.29 is 0 Å². The summed E-state index contributed by atoms with van der Waals surface area (Å²) in [5.41, 5.74) is 17.8. The van der Waals surface area contributed by atoms with Crippen LogP contribution in [0.5, 0.6) is 0 Å². The monoisotopic (exact) mass is 1150 g/mol. The first-order valence-electron chi connectivity index (χ1n) is 32.6. The fourth-order valence-corrected chi connectivity index (χ4v) is 20.3. The van der Waals surface area contributed by atoms with Gasteiger partial charge < -0.3 is 0 Å². The molecule has 8 bridgehead atoms. The summed E-state index contributed by atoms with van der Waals surface area (Å²) in [5.74, 6) is 43.7. The Labute approximate surface area is 535 Å². The van der Waals surface area contributed by atoms with Gasteiger partial charge in [0.05, 0.1) is 11.1 Å². The highest BCUT2D eigenvalue weighted by molar-refractivity contribution is 5.67. The summed E-state index contributed by atoms with van der Waals surface area (Å²) < 4.78 is 0. The highest BCUT2D eigenvalue weighted by Gasteiger charge is 2.68. The van der Waals surface area contributed by atoms with E-state index in [2.05, 4.69) is 317 Å². The molecule has 0 heteroatoms. The largest absolute Gasteiger partial charge is 0.0622 e. The van der Waals surface area contributed by atoms with E-state index in [9.17, 15) is 0 Å². The molecule has 8 fully saturated rings. The van der Waals surface area contributed by atoms with Gasteiger partial charge >= 0.3 is 0 Å². The summed E-state index contributed by atoms with van der Waals surface area (Å²) in [6.07, 6.45) is 14.1. The van der Waals surface area contributed by atoms with Crippen LogP contribution in [0.4, 0.5) is 0 Å². The Morgan fingerprint density at radius 1 is 0.200 bits per heavy atom. The van der Waals surface area contributed by atoms with Crippen LogP contribution in [-0.4, -0.2) is 0 Å². The Morgan fingerprint density at radius 2 is 0.422 bits per heavy atom. The number of rotatable bonds is 4. The van der Waals surface area contributed by atoms with E-state index in [1.165, 1.54) is 49.7 Å². The maximum atomic E-state index is 3.74. The van der Waals surface area contributed by atoms with Crippen molar-refractivity contribution in [3.05, 3.63) is 320 Å². The molecule has 0 aliphatic heterocycles. The highest BCUT2D eigenvalue weighted by atomic mass is 14.7. The van der Waals surface area contributed by atoms with E-state index < -0.39 is 0 Å². The van der Waals surface area contributed by atoms with Crippen LogP contribution < -0.4 is 0 Å². The molecule has 4 atom stereocenters. The molecular weight excluding hydrogens is 1080 g/mol. The van der Waals surface area contributed by atoms with E-state index >= 15 is 0 Å². The molecule has 0 radical (unpaired) electrons. The summed E-state index contributed by atoms with van der Waals surface area (Å²) in [7, 11) is 0. The number of hydrogen-bond donors (Lipinski definition) is 0. The predicted molar refractivity (Wildman–Crippen MR) is 368 cm³/mol. The van der Waals surface area contributed by atoms with Crippen LogP contribution in [-0.2, 0) is 21.7 Å². The maximum absolute atomic E-state index is 3.74. The lowest BCUT2D eigenvalue weighted by molar-refractivity contribution is -0.128. The second-order valence-corrected chi connectivity index (χ2v) is 29.7. The summed E-state index contributed by atoms with van der Waals surface area (Å²) in [4.78, 5) is 0. The molecule has 17 rings (SSSR count). The summed E-state index contributed by atoms with van der Waals surface area (Å²) in [6, 6.07) is 82.5. The van der Waals surface area contributed by atoms with Crippen LogP contribution in [0, 0.1) is 92.7 Å². The molecular formula is C90H74. The van der Waals surface area contributed by atoms with Gasteiger partial charge in [0.1, 0.15) is 0 Å². The summed E-state index contributed by atoms with van der Waals surface area (Å²) in [5, 5.41) is 0. The first-order valence-corrected chi connectivity index (χ1v) is 32.6. The molecule has 90 heavy (non-hydrogen) atoms. The van der Waals surface area contributed by atoms with Gasteiger partial charge in [0.15, 0.2) is 0 Å². The molecule has 0 aromatic heterocycles. The van der Waals surface area contributed by atoms with E-state index in [0.717, 1.165) is 105 Å². The lowest BCUT2D eigenvalue weighted by Gasteiger charge is -2.71. The van der Waals surface area contributed by atoms with Gasteiger partial charge in [-0.15, -0.1) is 0 Å². The van der Waals surface area contributed by atoms with Gasteiger partial charge in [-0.2, -0.15) is 0 Å². The van der Waals surface area contributed by atoms with Crippen molar-refractivity contribution >= 4 is 0 Å². The Balaban J connectivity index is 0.858.